The van der Waals surface area contributed by atoms with Gasteiger partial charge >= 0.3 is 0 Å². The Bertz CT molecular complexity index is 984. The zero-order valence-electron chi connectivity index (χ0n) is 36.2. The zero-order valence-corrected chi connectivity index (χ0v) is 37.0. The van der Waals surface area contributed by atoms with Crippen LogP contribution in [0.2, 0.25) is 0 Å². The average molecular weight is 798 g/mol. The summed E-state index contributed by atoms with van der Waals surface area (Å²) in [6.07, 6.45) is 49.6. The Hall–Kier alpha value is -1.22. The van der Waals surface area contributed by atoms with Crippen LogP contribution < -0.4 is 5.32 Å². The Morgan fingerprint density at radius 2 is 0.818 bits per heavy atom. The zero-order chi connectivity index (χ0) is 40.5. The van der Waals surface area contributed by atoms with Gasteiger partial charge in [-0.25, -0.2) is 0 Å². The number of allylic oxidation sites excluding steroid dienone is 3. The summed E-state index contributed by atoms with van der Waals surface area (Å²) in [5.41, 5.74) is 0. The summed E-state index contributed by atoms with van der Waals surface area (Å²) in [6.45, 7) is 4.54. The minimum atomic E-state index is -4.45. The highest BCUT2D eigenvalue weighted by molar-refractivity contribution is 7.85. The van der Waals surface area contributed by atoms with Crippen molar-refractivity contribution in [1.29, 1.82) is 0 Å². The molecule has 0 fully saturated rings. The second kappa shape index (κ2) is 41.0. The molecule has 0 bridgehead atoms. The summed E-state index contributed by atoms with van der Waals surface area (Å²) in [5, 5.41) is 23.5. The minimum Gasteiger partial charge on any atom is -0.387 e. The fraction of sp³-hybridized carbons (Fsp3) is 0.894. The van der Waals surface area contributed by atoms with Crippen molar-refractivity contribution in [2.75, 3.05) is 5.75 Å². The molecular formula is C47H91NO6S. The third-order valence-electron chi connectivity index (χ3n) is 11.0. The summed E-state index contributed by atoms with van der Waals surface area (Å²) < 4.78 is 32.6. The maximum Gasteiger partial charge on any atom is 0.267 e. The van der Waals surface area contributed by atoms with Crippen LogP contribution in [-0.2, 0) is 14.9 Å². The molecular weight excluding hydrogens is 707 g/mol. The summed E-state index contributed by atoms with van der Waals surface area (Å²) >= 11 is 0. The van der Waals surface area contributed by atoms with Crippen LogP contribution in [0.15, 0.2) is 24.3 Å². The van der Waals surface area contributed by atoms with Crippen LogP contribution >= 0.6 is 0 Å². The van der Waals surface area contributed by atoms with Crippen LogP contribution in [0, 0.1) is 0 Å². The number of hydrogen-bond donors (Lipinski definition) is 4. The van der Waals surface area contributed by atoms with Crippen LogP contribution in [0.25, 0.3) is 0 Å². The van der Waals surface area contributed by atoms with Gasteiger partial charge in [0.05, 0.1) is 17.9 Å². The third kappa shape index (κ3) is 40.8. The topological polar surface area (TPSA) is 124 Å². The fourth-order valence-corrected chi connectivity index (χ4v) is 8.09. The van der Waals surface area contributed by atoms with Crippen molar-refractivity contribution in [3.63, 3.8) is 0 Å². The number of carbonyl (C=O) groups excluding carboxylic acids is 1. The van der Waals surface area contributed by atoms with E-state index in [9.17, 15) is 28.0 Å². The number of rotatable bonds is 43. The number of nitrogens with one attached hydrogen (secondary N) is 1. The van der Waals surface area contributed by atoms with Crippen molar-refractivity contribution in [2.24, 2.45) is 0 Å². The number of aliphatic hydroxyl groups is 2. The summed E-state index contributed by atoms with van der Waals surface area (Å²) in [6, 6.07) is -1.25. The number of hydrogen-bond acceptors (Lipinski definition) is 5. The van der Waals surface area contributed by atoms with Gasteiger partial charge in [-0.05, 0) is 32.1 Å². The first kappa shape index (κ1) is 53.8. The van der Waals surface area contributed by atoms with E-state index in [1.54, 1.807) is 6.08 Å². The standard InChI is InChI=1S/C47H91NO6S/c1-3-5-7-9-11-13-15-17-19-21-22-23-24-26-27-29-31-33-35-37-39-41-45(49)44(43-55(52,53)54)48-47(51)46(50)42-40-38-36-34-32-30-28-25-20-18-16-14-12-10-8-6-4-2/h31,33,39,41,44-46,49-50H,3-30,32,34-38,40,42-43H2,1-2H3,(H,48,51)(H,52,53,54)/b33-31+,41-39+. The molecule has 0 aromatic carbocycles. The van der Waals surface area contributed by atoms with Gasteiger partial charge in [-0.1, -0.05) is 237 Å². The van der Waals surface area contributed by atoms with Gasteiger partial charge in [0.25, 0.3) is 10.1 Å². The van der Waals surface area contributed by atoms with Crippen LogP contribution in [0.4, 0.5) is 0 Å². The summed E-state index contributed by atoms with van der Waals surface area (Å²) in [7, 11) is -4.45. The van der Waals surface area contributed by atoms with Gasteiger partial charge in [-0.3, -0.25) is 9.35 Å². The van der Waals surface area contributed by atoms with E-state index in [1.165, 1.54) is 186 Å². The second-order valence-electron chi connectivity index (χ2n) is 16.5. The normalized spacial score (nSPS) is 13.9. The van der Waals surface area contributed by atoms with Gasteiger partial charge in [0, 0.05) is 0 Å². The SMILES string of the molecule is CCCCCCCCCCCCCCCCC/C=C/CC/C=C/C(O)C(CS(=O)(=O)O)NC(=O)C(O)CCCCCCCCCCCCCCCCCCC. The quantitative estimate of drug-likeness (QED) is 0.0277. The van der Waals surface area contributed by atoms with Crippen molar-refractivity contribution < 1.29 is 28.0 Å². The first-order valence-electron chi connectivity index (χ1n) is 23.6. The van der Waals surface area contributed by atoms with Gasteiger partial charge in [0.1, 0.15) is 6.10 Å². The van der Waals surface area contributed by atoms with Gasteiger partial charge < -0.3 is 15.5 Å². The molecule has 7 nitrogen and oxygen atoms in total. The highest BCUT2D eigenvalue weighted by Crippen LogP contribution is 2.16. The molecule has 0 aromatic rings. The lowest BCUT2D eigenvalue weighted by Gasteiger charge is -2.22. The minimum absolute atomic E-state index is 0.278. The van der Waals surface area contributed by atoms with E-state index in [1.807, 2.05) is 0 Å². The number of carbonyl (C=O) groups is 1. The molecule has 1 amide bonds. The van der Waals surface area contributed by atoms with Crippen molar-refractivity contribution in [3.8, 4) is 0 Å². The Kier molecular flexibility index (Phi) is 40.0. The lowest BCUT2D eigenvalue weighted by Crippen LogP contribution is -2.50. The van der Waals surface area contributed by atoms with E-state index in [2.05, 4.69) is 31.3 Å². The van der Waals surface area contributed by atoms with E-state index < -0.39 is 40.0 Å². The molecule has 0 spiro atoms. The molecule has 0 aliphatic carbocycles. The molecule has 0 heterocycles. The maximum atomic E-state index is 12.6. The monoisotopic (exact) mass is 798 g/mol. The van der Waals surface area contributed by atoms with Crippen LogP contribution in [0.1, 0.15) is 245 Å². The molecule has 0 radical (unpaired) electrons. The lowest BCUT2D eigenvalue weighted by atomic mass is 10.0. The Morgan fingerprint density at radius 3 is 1.20 bits per heavy atom. The lowest BCUT2D eigenvalue weighted by molar-refractivity contribution is -0.130. The number of amides is 1. The van der Waals surface area contributed by atoms with Crippen molar-refractivity contribution in [3.05, 3.63) is 24.3 Å². The maximum absolute atomic E-state index is 12.6. The molecule has 0 aromatic heterocycles. The number of unbranched alkanes of at least 4 members (excludes halogenated alkanes) is 32. The molecule has 3 atom stereocenters. The highest BCUT2D eigenvalue weighted by Gasteiger charge is 2.27. The van der Waals surface area contributed by atoms with E-state index >= 15 is 0 Å². The van der Waals surface area contributed by atoms with Crippen molar-refractivity contribution in [2.45, 2.75) is 263 Å². The van der Waals surface area contributed by atoms with Crippen LogP contribution in [0.5, 0.6) is 0 Å². The Balaban J connectivity index is 3.97. The number of aliphatic hydroxyl groups excluding tert-OH is 2. The molecule has 0 saturated carbocycles. The second-order valence-corrected chi connectivity index (χ2v) is 18.0. The third-order valence-corrected chi connectivity index (χ3v) is 11.8. The molecule has 0 saturated heterocycles. The van der Waals surface area contributed by atoms with Gasteiger partial charge in [0.15, 0.2) is 0 Å². The van der Waals surface area contributed by atoms with E-state index in [0.717, 1.165) is 32.1 Å². The Labute approximate surface area is 341 Å². The predicted octanol–water partition coefficient (Wildman–Crippen LogP) is 13.3. The molecule has 0 aliphatic rings. The molecule has 3 unspecified atom stereocenters. The van der Waals surface area contributed by atoms with E-state index in [4.69, 9.17) is 0 Å². The van der Waals surface area contributed by atoms with E-state index in [-0.39, 0.29) is 6.42 Å². The molecule has 8 heteroatoms. The molecule has 0 rings (SSSR count). The molecule has 4 N–H and O–H groups in total. The predicted molar refractivity (Wildman–Crippen MR) is 236 cm³/mol. The largest absolute Gasteiger partial charge is 0.387 e. The van der Waals surface area contributed by atoms with Crippen LogP contribution in [-0.4, -0.2) is 53.1 Å². The average Bonchev–Trinajstić information content (AvgIpc) is 3.15. The fourth-order valence-electron chi connectivity index (χ4n) is 7.36. The summed E-state index contributed by atoms with van der Waals surface area (Å²) in [5.74, 6) is -1.55. The van der Waals surface area contributed by atoms with E-state index in [0.29, 0.717) is 12.8 Å². The summed E-state index contributed by atoms with van der Waals surface area (Å²) in [4.78, 5) is 12.6. The molecule has 55 heavy (non-hydrogen) atoms. The van der Waals surface area contributed by atoms with Crippen LogP contribution in [0.3, 0.4) is 0 Å². The smallest absolute Gasteiger partial charge is 0.267 e. The molecule has 326 valence electrons. The van der Waals surface area contributed by atoms with Crippen molar-refractivity contribution in [1.82, 2.24) is 5.32 Å². The highest BCUT2D eigenvalue weighted by atomic mass is 32.2. The van der Waals surface area contributed by atoms with Gasteiger partial charge in [-0.15, -0.1) is 0 Å². The van der Waals surface area contributed by atoms with Gasteiger partial charge in [-0.2, -0.15) is 8.42 Å². The Morgan fingerprint density at radius 1 is 0.491 bits per heavy atom. The molecule has 0 aliphatic heterocycles. The van der Waals surface area contributed by atoms with Gasteiger partial charge in [0.2, 0.25) is 5.91 Å². The van der Waals surface area contributed by atoms with Crippen molar-refractivity contribution >= 4 is 16.0 Å². The first-order chi connectivity index (χ1) is 26.7. The first-order valence-corrected chi connectivity index (χ1v) is 25.3.